The summed E-state index contributed by atoms with van der Waals surface area (Å²) in [5.74, 6) is 0.764. The van der Waals surface area contributed by atoms with Crippen molar-refractivity contribution >= 4 is 0 Å². The Labute approximate surface area is 130 Å². The van der Waals surface area contributed by atoms with E-state index in [4.69, 9.17) is 9.47 Å². The first-order valence-electron chi connectivity index (χ1n) is 8.71. The second kappa shape index (κ2) is 8.47. The Bertz CT molecular complexity index is 291. The molecule has 4 nitrogen and oxygen atoms in total. The van der Waals surface area contributed by atoms with Gasteiger partial charge in [0.15, 0.2) is 0 Å². The van der Waals surface area contributed by atoms with Gasteiger partial charge in [0.05, 0.1) is 19.8 Å². The van der Waals surface area contributed by atoms with Gasteiger partial charge < -0.3 is 14.8 Å². The molecule has 1 aliphatic heterocycles. The second-order valence-corrected chi connectivity index (χ2v) is 7.19. The fourth-order valence-corrected chi connectivity index (χ4v) is 3.97. The molecule has 0 aromatic rings. The van der Waals surface area contributed by atoms with Crippen LogP contribution in [0.2, 0.25) is 0 Å². The van der Waals surface area contributed by atoms with Crippen LogP contribution in [0.1, 0.15) is 46.0 Å². The van der Waals surface area contributed by atoms with Crippen LogP contribution in [0.3, 0.4) is 0 Å². The molecular formula is C17H34N2O2. The highest BCUT2D eigenvalue weighted by Gasteiger charge is 2.43. The first-order valence-corrected chi connectivity index (χ1v) is 8.71. The standard InChI is InChI=1S/C17H34N2O2/c1-15(2)12-16-13-19(8-9-21-11-10-20-3)17(14-18-16)6-4-5-7-17/h15-16,18H,4-14H2,1-3H3. The van der Waals surface area contributed by atoms with Crippen molar-refractivity contribution in [2.24, 2.45) is 5.92 Å². The minimum absolute atomic E-state index is 0.415. The zero-order valence-corrected chi connectivity index (χ0v) is 14.2. The van der Waals surface area contributed by atoms with Crippen molar-refractivity contribution in [2.75, 3.05) is 46.6 Å². The van der Waals surface area contributed by atoms with Crippen molar-refractivity contribution < 1.29 is 9.47 Å². The number of rotatable bonds is 8. The average Bonchev–Trinajstić information content (AvgIpc) is 2.91. The van der Waals surface area contributed by atoms with Crippen LogP contribution < -0.4 is 5.32 Å². The first kappa shape index (κ1) is 17.2. The van der Waals surface area contributed by atoms with Crippen LogP contribution in [0.15, 0.2) is 0 Å². The van der Waals surface area contributed by atoms with Crippen LogP contribution in [0.25, 0.3) is 0 Å². The Morgan fingerprint density at radius 1 is 1.19 bits per heavy atom. The third-order valence-electron chi connectivity index (χ3n) is 5.06. The van der Waals surface area contributed by atoms with Gasteiger partial charge in [-0.1, -0.05) is 26.7 Å². The van der Waals surface area contributed by atoms with Gasteiger partial charge in [-0.2, -0.15) is 0 Å². The Hall–Kier alpha value is -0.160. The van der Waals surface area contributed by atoms with E-state index in [2.05, 4.69) is 24.1 Å². The number of hydrogen-bond donors (Lipinski definition) is 1. The Balaban J connectivity index is 1.84. The lowest BCUT2D eigenvalue weighted by Gasteiger charge is -2.48. The van der Waals surface area contributed by atoms with Crippen molar-refractivity contribution in [1.82, 2.24) is 10.2 Å². The lowest BCUT2D eigenvalue weighted by atomic mass is 9.89. The Kier molecular flexibility index (Phi) is 6.93. The summed E-state index contributed by atoms with van der Waals surface area (Å²) in [7, 11) is 1.73. The SMILES string of the molecule is COCCOCCN1CC(CC(C)C)NCC12CCCC2. The fraction of sp³-hybridized carbons (Fsp3) is 1.00. The van der Waals surface area contributed by atoms with E-state index >= 15 is 0 Å². The molecule has 1 unspecified atom stereocenters. The van der Waals surface area contributed by atoms with Crippen LogP contribution in [0.5, 0.6) is 0 Å². The molecule has 21 heavy (non-hydrogen) atoms. The molecule has 0 bridgehead atoms. The molecule has 1 saturated heterocycles. The minimum Gasteiger partial charge on any atom is -0.382 e. The maximum absolute atomic E-state index is 5.71. The van der Waals surface area contributed by atoms with Crippen LogP contribution in [0, 0.1) is 5.92 Å². The third kappa shape index (κ3) is 4.92. The molecule has 2 rings (SSSR count). The predicted molar refractivity (Wildman–Crippen MR) is 86.7 cm³/mol. The topological polar surface area (TPSA) is 33.7 Å². The molecule has 2 fully saturated rings. The van der Waals surface area contributed by atoms with Crippen molar-refractivity contribution in [3.63, 3.8) is 0 Å². The van der Waals surface area contributed by atoms with Gasteiger partial charge >= 0.3 is 0 Å². The van der Waals surface area contributed by atoms with E-state index in [1.54, 1.807) is 7.11 Å². The predicted octanol–water partition coefficient (Wildman–Crippen LogP) is 2.28. The summed E-state index contributed by atoms with van der Waals surface area (Å²) in [6.07, 6.45) is 6.76. The normalized spacial score (nSPS) is 26.0. The number of hydrogen-bond acceptors (Lipinski definition) is 4. The molecule has 1 saturated carbocycles. The zero-order chi connectivity index (χ0) is 15.1. The van der Waals surface area contributed by atoms with E-state index in [0.29, 0.717) is 24.8 Å². The molecule has 2 aliphatic rings. The molecular weight excluding hydrogens is 264 g/mol. The summed E-state index contributed by atoms with van der Waals surface area (Å²) in [5, 5.41) is 3.82. The fourth-order valence-electron chi connectivity index (χ4n) is 3.97. The monoisotopic (exact) mass is 298 g/mol. The van der Waals surface area contributed by atoms with E-state index in [9.17, 15) is 0 Å². The van der Waals surface area contributed by atoms with Gasteiger partial charge in [0.1, 0.15) is 0 Å². The highest BCUT2D eigenvalue weighted by Crippen LogP contribution is 2.37. The molecule has 0 amide bonds. The quantitative estimate of drug-likeness (QED) is 0.697. The molecule has 124 valence electrons. The Morgan fingerprint density at radius 2 is 1.95 bits per heavy atom. The molecule has 1 N–H and O–H groups in total. The zero-order valence-electron chi connectivity index (χ0n) is 14.2. The van der Waals surface area contributed by atoms with E-state index in [1.807, 2.05) is 0 Å². The summed E-state index contributed by atoms with van der Waals surface area (Å²) in [5.41, 5.74) is 0.415. The van der Waals surface area contributed by atoms with Crippen molar-refractivity contribution in [1.29, 1.82) is 0 Å². The van der Waals surface area contributed by atoms with Gasteiger partial charge in [0.2, 0.25) is 0 Å². The maximum Gasteiger partial charge on any atom is 0.0700 e. The number of nitrogens with one attached hydrogen (secondary N) is 1. The molecule has 1 aliphatic carbocycles. The third-order valence-corrected chi connectivity index (χ3v) is 5.06. The van der Waals surface area contributed by atoms with Gasteiger partial charge in [-0.25, -0.2) is 0 Å². The average molecular weight is 298 g/mol. The lowest BCUT2D eigenvalue weighted by Crippen LogP contribution is -2.64. The first-order chi connectivity index (χ1) is 10.2. The molecule has 0 radical (unpaired) electrons. The van der Waals surface area contributed by atoms with Gasteiger partial charge in [0, 0.05) is 38.3 Å². The van der Waals surface area contributed by atoms with Crippen molar-refractivity contribution in [3.8, 4) is 0 Å². The Morgan fingerprint density at radius 3 is 2.62 bits per heavy atom. The maximum atomic E-state index is 5.71. The largest absolute Gasteiger partial charge is 0.382 e. The molecule has 4 heteroatoms. The van der Waals surface area contributed by atoms with Crippen LogP contribution in [-0.4, -0.2) is 63.0 Å². The van der Waals surface area contributed by atoms with Crippen LogP contribution in [-0.2, 0) is 9.47 Å². The smallest absolute Gasteiger partial charge is 0.0700 e. The second-order valence-electron chi connectivity index (χ2n) is 7.19. The van der Waals surface area contributed by atoms with Crippen LogP contribution in [0.4, 0.5) is 0 Å². The van der Waals surface area contributed by atoms with E-state index in [-0.39, 0.29) is 0 Å². The summed E-state index contributed by atoms with van der Waals surface area (Å²) in [4.78, 5) is 2.73. The number of ether oxygens (including phenoxy) is 2. The summed E-state index contributed by atoms with van der Waals surface area (Å²) < 4.78 is 10.7. The van der Waals surface area contributed by atoms with Gasteiger partial charge in [-0.3, -0.25) is 4.90 Å². The van der Waals surface area contributed by atoms with Gasteiger partial charge in [0.25, 0.3) is 0 Å². The highest BCUT2D eigenvalue weighted by atomic mass is 16.5. The molecule has 1 atom stereocenters. The summed E-state index contributed by atoms with van der Waals surface area (Å²) in [6.45, 7) is 10.3. The van der Waals surface area contributed by atoms with Crippen molar-refractivity contribution in [2.45, 2.75) is 57.5 Å². The molecule has 0 aromatic heterocycles. The molecule has 1 heterocycles. The van der Waals surface area contributed by atoms with Gasteiger partial charge in [-0.05, 0) is 25.2 Å². The molecule has 1 spiro atoms. The van der Waals surface area contributed by atoms with Crippen LogP contribution >= 0.6 is 0 Å². The lowest BCUT2D eigenvalue weighted by molar-refractivity contribution is 0.00123. The van der Waals surface area contributed by atoms with E-state index < -0.39 is 0 Å². The van der Waals surface area contributed by atoms with Crippen molar-refractivity contribution in [3.05, 3.63) is 0 Å². The van der Waals surface area contributed by atoms with E-state index in [1.165, 1.54) is 45.2 Å². The van der Waals surface area contributed by atoms with E-state index in [0.717, 1.165) is 19.1 Å². The minimum atomic E-state index is 0.415. The highest BCUT2D eigenvalue weighted by molar-refractivity contribution is 5.01. The molecule has 0 aromatic carbocycles. The number of piperazine rings is 1. The summed E-state index contributed by atoms with van der Waals surface area (Å²) in [6, 6.07) is 0.648. The summed E-state index contributed by atoms with van der Waals surface area (Å²) >= 11 is 0. The number of nitrogens with zero attached hydrogens (tertiary/aromatic N) is 1. The van der Waals surface area contributed by atoms with Gasteiger partial charge in [-0.15, -0.1) is 0 Å². The number of methoxy groups -OCH3 is 1.